The Bertz CT molecular complexity index is 3090. The Morgan fingerprint density at radius 1 is 0.300 bits per heavy atom. The Balaban J connectivity index is 1.18. The van der Waals surface area contributed by atoms with Gasteiger partial charge in [0, 0.05) is 27.1 Å². The van der Waals surface area contributed by atoms with Crippen LogP contribution in [0.3, 0.4) is 0 Å². The van der Waals surface area contributed by atoms with Crippen molar-refractivity contribution in [1.82, 2.24) is 0 Å². The summed E-state index contributed by atoms with van der Waals surface area (Å²) in [6.45, 7) is 0. The van der Waals surface area contributed by atoms with Crippen LogP contribution in [0.5, 0.6) is 0 Å². The molecule has 0 aliphatic heterocycles. The summed E-state index contributed by atoms with van der Waals surface area (Å²) in [5.74, 6) is 0.868. The molecule has 2 heterocycles. The second-order valence-corrected chi connectivity index (χ2v) is 13.2. The molecule has 0 radical (unpaired) electrons. The molecule has 0 spiro atoms. The molecule has 0 fully saturated rings. The van der Waals surface area contributed by atoms with Crippen LogP contribution in [0.25, 0.3) is 110 Å². The van der Waals surface area contributed by atoms with Crippen molar-refractivity contribution in [2.24, 2.45) is 0 Å². The second-order valence-electron chi connectivity index (χ2n) is 13.2. The van der Waals surface area contributed by atoms with Gasteiger partial charge in [-0.25, -0.2) is 0 Å². The summed E-state index contributed by atoms with van der Waals surface area (Å²) >= 11 is 0. The van der Waals surface area contributed by atoms with E-state index in [1.807, 2.05) is 12.1 Å². The van der Waals surface area contributed by atoms with Crippen LogP contribution in [0.4, 0.5) is 0 Å². The number of benzene rings is 9. The minimum Gasteiger partial charge on any atom is -0.456 e. The minimum atomic E-state index is 0.868. The Kier molecular flexibility index (Phi) is 5.70. The van der Waals surface area contributed by atoms with Gasteiger partial charge in [0.05, 0.1) is 0 Å². The van der Waals surface area contributed by atoms with Gasteiger partial charge in [-0.15, -0.1) is 0 Å². The summed E-state index contributed by atoms with van der Waals surface area (Å²) < 4.78 is 13.2. The van der Waals surface area contributed by atoms with E-state index in [2.05, 4.69) is 158 Å². The number of para-hydroxylation sites is 1. The smallest absolute Gasteiger partial charge is 0.136 e. The molecule has 0 N–H and O–H groups in total. The summed E-state index contributed by atoms with van der Waals surface area (Å²) in [6, 6.07) is 60.7. The molecule has 9 aromatic carbocycles. The highest BCUT2D eigenvalue weighted by Crippen LogP contribution is 2.47. The van der Waals surface area contributed by atoms with E-state index in [4.69, 9.17) is 8.83 Å². The van der Waals surface area contributed by atoms with Gasteiger partial charge in [0.15, 0.2) is 0 Å². The van der Waals surface area contributed by atoms with E-state index in [0.29, 0.717) is 0 Å². The maximum Gasteiger partial charge on any atom is 0.136 e. The van der Waals surface area contributed by atoms with Crippen molar-refractivity contribution in [3.63, 3.8) is 0 Å². The van der Waals surface area contributed by atoms with Gasteiger partial charge < -0.3 is 8.83 Å². The monoisotopic (exact) mass is 636 g/mol. The lowest BCUT2D eigenvalue weighted by molar-refractivity contribution is 0.633. The fourth-order valence-corrected chi connectivity index (χ4v) is 8.29. The molecule has 11 rings (SSSR count). The third-order valence-electron chi connectivity index (χ3n) is 10.5. The highest BCUT2D eigenvalue weighted by Gasteiger charge is 2.21. The van der Waals surface area contributed by atoms with E-state index in [0.717, 1.165) is 60.6 Å². The number of hydrogen-bond acceptors (Lipinski definition) is 2. The molecule has 0 amide bonds. The first-order valence-corrected chi connectivity index (χ1v) is 17.1. The van der Waals surface area contributed by atoms with E-state index >= 15 is 0 Å². The molecule has 0 unspecified atom stereocenters. The average Bonchev–Trinajstić information content (AvgIpc) is 3.78. The first-order chi connectivity index (χ1) is 24.8. The summed E-state index contributed by atoms with van der Waals surface area (Å²) in [5, 5.41) is 12.9. The van der Waals surface area contributed by atoms with Gasteiger partial charge >= 0.3 is 0 Å². The zero-order chi connectivity index (χ0) is 32.8. The molecule has 0 saturated heterocycles. The fraction of sp³-hybridized carbons (Fsp3) is 0. The average molecular weight is 637 g/mol. The van der Waals surface area contributed by atoms with E-state index < -0.39 is 0 Å². The van der Waals surface area contributed by atoms with Crippen molar-refractivity contribution in [2.45, 2.75) is 0 Å². The van der Waals surface area contributed by atoms with Crippen LogP contribution in [-0.2, 0) is 0 Å². The van der Waals surface area contributed by atoms with Crippen LogP contribution in [0.15, 0.2) is 179 Å². The van der Waals surface area contributed by atoms with Crippen molar-refractivity contribution in [1.29, 1.82) is 0 Å². The SMILES string of the molecule is c1ccc2c(-c3cccc4ccc5oc(-c6c7ccccc7c(-c7ccc8c(c7)oc7ccccc78)c7ccccc67)cc5c34)cccc2c1. The number of furan rings is 2. The maximum atomic E-state index is 6.88. The summed E-state index contributed by atoms with van der Waals surface area (Å²) in [6.07, 6.45) is 0. The molecule has 2 heteroatoms. The number of hydrogen-bond donors (Lipinski definition) is 0. The molecule has 232 valence electrons. The molecular formula is C48H28O2. The Morgan fingerprint density at radius 2 is 0.880 bits per heavy atom. The van der Waals surface area contributed by atoms with Gasteiger partial charge in [0.2, 0.25) is 0 Å². The minimum absolute atomic E-state index is 0.868. The molecule has 50 heavy (non-hydrogen) atoms. The quantitative estimate of drug-likeness (QED) is 0.180. The van der Waals surface area contributed by atoms with E-state index in [9.17, 15) is 0 Å². The summed E-state index contributed by atoms with van der Waals surface area (Å²) in [5.41, 5.74) is 8.56. The van der Waals surface area contributed by atoms with Gasteiger partial charge in [-0.1, -0.05) is 140 Å². The number of fused-ring (bicyclic) bond motifs is 9. The van der Waals surface area contributed by atoms with Crippen molar-refractivity contribution in [3.8, 4) is 33.6 Å². The van der Waals surface area contributed by atoms with Crippen LogP contribution in [0.1, 0.15) is 0 Å². The molecule has 2 aromatic heterocycles. The van der Waals surface area contributed by atoms with E-state index in [1.165, 1.54) is 49.0 Å². The molecule has 0 bridgehead atoms. The normalized spacial score (nSPS) is 12.0. The molecule has 0 aliphatic rings. The largest absolute Gasteiger partial charge is 0.456 e. The van der Waals surface area contributed by atoms with Gasteiger partial charge in [0.1, 0.15) is 22.5 Å². The molecule has 11 aromatic rings. The van der Waals surface area contributed by atoms with Crippen LogP contribution < -0.4 is 0 Å². The van der Waals surface area contributed by atoms with Gasteiger partial charge in [-0.05, 0) is 90.3 Å². The molecule has 0 saturated carbocycles. The topological polar surface area (TPSA) is 26.3 Å². The highest BCUT2D eigenvalue weighted by molar-refractivity contribution is 6.23. The zero-order valence-electron chi connectivity index (χ0n) is 27.0. The van der Waals surface area contributed by atoms with Crippen LogP contribution in [0, 0.1) is 0 Å². The molecule has 2 nitrogen and oxygen atoms in total. The molecule has 0 atom stereocenters. The lowest BCUT2D eigenvalue weighted by atomic mass is 9.87. The van der Waals surface area contributed by atoms with E-state index in [1.54, 1.807) is 0 Å². The Morgan fingerprint density at radius 3 is 1.66 bits per heavy atom. The fourth-order valence-electron chi connectivity index (χ4n) is 8.29. The van der Waals surface area contributed by atoms with Crippen molar-refractivity contribution in [3.05, 3.63) is 170 Å². The van der Waals surface area contributed by atoms with Crippen LogP contribution in [0.2, 0.25) is 0 Å². The third kappa shape index (κ3) is 3.90. The zero-order valence-corrected chi connectivity index (χ0v) is 27.0. The van der Waals surface area contributed by atoms with Gasteiger partial charge in [0.25, 0.3) is 0 Å². The van der Waals surface area contributed by atoms with Gasteiger partial charge in [-0.3, -0.25) is 0 Å². The third-order valence-corrected chi connectivity index (χ3v) is 10.5. The van der Waals surface area contributed by atoms with Crippen molar-refractivity contribution < 1.29 is 8.83 Å². The maximum absolute atomic E-state index is 6.88. The van der Waals surface area contributed by atoms with Gasteiger partial charge in [-0.2, -0.15) is 0 Å². The standard InChI is InChI=1S/C48H28O2/c1-2-14-32-29(11-1)12-9-20-33(32)36-21-10-13-30-24-26-43-41(46(30)36)28-45(50-43)48-39-18-5-3-16-37(39)47(38-17-4-6-19-40(38)48)31-23-25-35-34-15-7-8-22-42(34)49-44(35)27-31/h1-28H. The Hall–Kier alpha value is -6.64. The lowest BCUT2D eigenvalue weighted by Crippen LogP contribution is -1.89. The first-order valence-electron chi connectivity index (χ1n) is 17.1. The second kappa shape index (κ2) is 10.4. The van der Waals surface area contributed by atoms with Crippen LogP contribution in [-0.4, -0.2) is 0 Å². The lowest BCUT2D eigenvalue weighted by Gasteiger charge is -2.16. The van der Waals surface area contributed by atoms with Crippen molar-refractivity contribution >= 4 is 76.0 Å². The molecule has 0 aliphatic carbocycles. The predicted molar refractivity (Wildman–Crippen MR) is 210 cm³/mol. The predicted octanol–water partition coefficient (Wildman–Crippen LogP) is 13.9. The number of rotatable bonds is 3. The van der Waals surface area contributed by atoms with Crippen LogP contribution >= 0.6 is 0 Å². The summed E-state index contributed by atoms with van der Waals surface area (Å²) in [4.78, 5) is 0. The highest BCUT2D eigenvalue weighted by atomic mass is 16.3. The molecular weight excluding hydrogens is 609 g/mol. The Labute approximate surface area is 287 Å². The first kappa shape index (κ1) is 27.3. The summed E-state index contributed by atoms with van der Waals surface area (Å²) in [7, 11) is 0. The van der Waals surface area contributed by atoms with Crippen molar-refractivity contribution in [2.75, 3.05) is 0 Å². The van der Waals surface area contributed by atoms with E-state index in [-0.39, 0.29) is 0 Å².